The van der Waals surface area contributed by atoms with E-state index in [0.29, 0.717) is 0 Å². The van der Waals surface area contributed by atoms with Gasteiger partial charge in [-0.2, -0.15) is 0 Å². The van der Waals surface area contributed by atoms with Crippen LogP contribution < -0.4 is 10.6 Å². The Kier molecular flexibility index (Phi) is 5.45. The highest BCUT2D eigenvalue weighted by Gasteiger charge is 2.18. The van der Waals surface area contributed by atoms with Crippen LogP contribution in [0.25, 0.3) is 0 Å². The second-order valence-corrected chi connectivity index (χ2v) is 4.17. The zero-order chi connectivity index (χ0) is 11.4. The minimum absolute atomic E-state index is 0. The van der Waals surface area contributed by atoms with E-state index in [1.807, 2.05) is 24.3 Å². The molecule has 2 N–H and O–H groups in total. The van der Waals surface area contributed by atoms with Crippen molar-refractivity contribution in [1.29, 1.82) is 0 Å². The first-order valence-corrected chi connectivity index (χ1v) is 5.90. The van der Waals surface area contributed by atoms with Gasteiger partial charge in [0.2, 0.25) is 0 Å². The van der Waals surface area contributed by atoms with Gasteiger partial charge in [-0.15, -0.1) is 12.4 Å². The molecule has 1 atom stereocenters. The summed E-state index contributed by atoms with van der Waals surface area (Å²) in [5.74, 6) is 0.0613. The molecule has 0 aliphatic carbocycles. The van der Waals surface area contributed by atoms with Gasteiger partial charge >= 0.3 is 0 Å². The highest BCUT2D eigenvalue weighted by atomic mass is 35.5. The van der Waals surface area contributed by atoms with E-state index in [4.69, 9.17) is 0 Å². The standard InChI is InChI=1S/C13H18N2O.ClH/c1-2-10-5-3-4-6-12(10)13(16)15-11-7-8-14-9-11;/h3-6,11,14H,2,7-9H2,1H3,(H,15,16);1H. The summed E-state index contributed by atoms with van der Waals surface area (Å²) in [6.07, 6.45) is 1.92. The summed E-state index contributed by atoms with van der Waals surface area (Å²) in [7, 11) is 0. The summed E-state index contributed by atoms with van der Waals surface area (Å²) >= 11 is 0. The van der Waals surface area contributed by atoms with Gasteiger partial charge in [0.25, 0.3) is 5.91 Å². The smallest absolute Gasteiger partial charge is 0.251 e. The third-order valence-electron chi connectivity index (χ3n) is 3.04. The van der Waals surface area contributed by atoms with Crippen molar-refractivity contribution in [2.75, 3.05) is 13.1 Å². The molecular formula is C13H19ClN2O. The van der Waals surface area contributed by atoms with Gasteiger partial charge in [-0.25, -0.2) is 0 Å². The van der Waals surface area contributed by atoms with Crippen LogP contribution in [0.5, 0.6) is 0 Å². The number of halogens is 1. The summed E-state index contributed by atoms with van der Waals surface area (Å²) < 4.78 is 0. The molecule has 0 radical (unpaired) electrons. The van der Waals surface area contributed by atoms with Gasteiger partial charge in [-0.3, -0.25) is 4.79 Å². The molecule has 4 heteroatoms. The van der Waals surface area contributed by atoms with Crippen LogP contribution in [0.1, 0.15) is 29.3 Å². The zero-order valence-corrected chi connectivity index (χ0v) is 10.8. The third kappa shape index (κ3) is 3.45. The molecule has 0 bridgehead atoms. The second kappa shape index (κ2) is 6.62. The van der Waals surface area contributed by atoms with Crippen LogP contribution in [0.3, 0.4) is 0 Å². The number of benzene rings is 1. The summed E-state index contributed by atoms with van der Waals surface area (Å²) in [4.78, 5) is 12.0. The lowest BCUT2D eigenvalue weighted by molar-refractivity contribution is 0.0939. The largest absolute Gasteiger partial charge is 0.348 e. The molecular weight excluding hydrogens is 236 g/mol. The fourth-order valence-corrected chi connectivity index (χ4v) is 2.09. The first-order chi connectivity index (χ1) is 7.81. The Morgan fingerprint density at radius 1 is 1.47 bits per heavy atom. The molecule has 0 spiro atoms. The second-order valence-electron chi connectivity index (χ2n) is 4.17. The maximum Gasteiger partial charge on any atom is 0.251 e. The molecule has 2 rings (SSSR count). The van der Waals surface area contributed by atoms with Crippen LogP contribution in [0.4, 0.5) is 0 Å². The van der Waals surface area contributed by atoms with Gasteiger partial charge in [-0.1, -0.05) is 25.1 Å². The van der Waals surface area contributed by atoms with E-state index in [0.717, 1.165) is 37.1 Å². The Labute approximate surface area is 108 Å². The third-order valence-corrected chi connectivity index (χ3v) is 3.04. The predicted octanol–water partition coefficient (Wildman–Crippen LogP) is 1.76. The summed E-state index contributed by atoms with van der Waals surface area (Å²) in [5, 5.41) is 6.31. The molecule has 1 aliphatic rings. The average Bonchev–Trinajstić information content (AvgIpc) is 2.81. The quantitative estimate of drug-likeness (QED) is 0.863. The molecule has 1 aliphatic heterocycles. The van der Waals surface area contributed by atoms with Crippen molar-refractivity contribution >= 4 is 18.3 Å². The molecule has 1 heterocycles. The summed E-state index contributed by atoms with van der Waals surface area (Å²) in [6, 6.07) is 8.10. The van der Waals surface area contributed by atoms with E-state index in [-0.39, 0.29) is 24.4 Å². The van der Waals surface area contributed by atoms with Crippen LogP contribution >= 0.6 is 12.4 Å². The number of hydrogen-bond donors (Lipinski definition) is 2. The van der Waals surface area contributed by atoms with Crippen molar-refractivity contribution in [3.05, 3.63) is 35.4 Å². The van der Waals surface area contributed by atoms with Crippen molar-refractivity contribution < 1.29 is 4.79 Å². The molecule has 1 saturated heterocycles. The fraction of sp³-hybridized carbons (Fsp3) is 0.462. The van der Waals surface area contributed by atoms with E-state index in [2.05, 4.69) is 17.6 Å². The summed E-state index contributed by atoms with van der Waals surface area (Å²) in [6.45, 7) is 3.96. The SMILES string of the molecule is CCc1ccccc1C(=O)NC1CCNC1.Cl. The van der Waals surface area contributed by atoms with Crippen molar-refractivity contribution in [2.24, 2.45) is 0 Å². The fourth-order valence-electron chi connectivity index (χ4n) is 2.09. The molecule has 94 valence electrons. The number of carbonyl (C=O) groups is 1. The molecule has 1 unspecified atom stereocenters. The Balaban J connectivity index is 0.00000144. The van der Waals surface area contributed by atoms with E-state index in [9.17, 15) is 4.79 Å². The van der Waals surface area contributed by atoms with E-state index >= 15 is 0 Å². The monoisotopic (exact) mass is 254 g/mol. The Morgan fingerprint density at radius 3 is 2.88 bits per heavy atom. The van der Waals surface area contributed by atoms with Crippen LogP contribution in [-0.4, -0.2) is 25.0 Å². The van der Waals surface area contributed by atoms with Crippen molar-refractivity contribution in [1.82, 2.24) is 10.6 Å². The van der Waals surface area contributed by atoms with E-state index in [1.165, 1.54) is 0 Å². The normalized spacial score (nSPS) is 18.5. The van der Waals surface area contributed by atoms with Gasteiger partial charge in [0.15, 0.2) is 0 Å². The summed E-state index contributed by atoms with van der Waals surface area (Å²) in [5.41, 5.74) is 1.93. The van der Waals surface area contributed by atoms with Crippen molar-refractivity contribution in [3.8, 4) is 0 Å². The number of aryl methyl sites for hydroxylation is 1. The topological polar surface area (TPSA) is 41.1 Å². The van der Waals surface area contributed by atoms with Gasteiger partial charge in [0.05, 0.1) is 0 Å². The molecule has 17 heavy (non-hydrogen) atoms. The molecule has 1 aromatic carbocycles. The number of hydrogen-bond acceptors (Lipinski definition) is 2. The van der Waals surface area contributed by atoms with Crippen LogP contribution in [0.2, 0.25) is 0 Å². The lowest BCUT2D eigenvalue weighted by atomic mass is 10.0. The zero-order valence-electron chi connectivity index (χ0n) is 10.0. The highest BCUT2D eigenvalue weighted by molar-refractivity contribution is 5.95. The van der Waals surface area contributed by atoms with Crippen LogP contribution in [0.15, 0.2) is 24.3 Å². The van der Waals surface area contributed by atoms with Crippen molar-refractivity contribution in [2.45, 2.75) is 25.8 Å². The molecule has 1 amide bonds. The lowest BCUT2D eigenvalue weighted by Gasteiger charge is -2.13. The first-order valence-electron chi connectivity index (χ1n) is 5.90. The van der Waals surface area contributed by atoms with Gasteiger partial charge < -0.3 is 10.6 Å². The molecule has 1 fully saturated rings. The first kappa shape index (κ1) is 14.0. The molecule has 1 aromatic rings. The Bertz CT molecular complexity index is 375. The number of nitrogens with one attached hydrogen (secondary N) is 2. The molecule has 0 saturated carbocycles. The lowest BCUT2D eigenvalue weighted by Crippen LogP contribution is -2.36. The highest BCUT2D eigenvalue weighted by Crippen LogP contribution is 2.10. The Morgan fingerprint density at radius 2 is 2.24 bits per heavy atom. The maximum absolute atomic E-state index is 12.0. The van der Waals surface area contributed by atoms with Gasteiger partial charge in [0, 0.05) is 18.2 Å². The number of amides is 1. The van der Waals surface area contributed by atoms with E-state index < -0.39 is 0 Å². The van der Waals surface area contributed by atoms with E-state index in [1.54, 1.807) is 0 Å². The minimum atomic E-state index is 0. The average molecular weight is 255 g/mol. The molecule has 3 nitrogen and oxygen atoms in total. The number of rotatable bonds is 3. The van der Waals surface area contributed by atoms with Crippen LogP contribution in [0, 0.1) is 0 Å². The van der Waals surface area contributed by atoms with Gasteiger partial charge in [-0.05, 0) is 31.0 Å². The van der Waals surface area contributed by atoms with Crippen molar-refractivity contribution in [3.63, 3.8) is 0 Å². The predicted molar refractivity (Wildman–Crippen MR) is 71.8 cm³/mol. The van der Waals surface area contributed by atoms with Crippen LogP contribution in [-0.2, 0) is 6.42 Å². The Hall–Kier alpha value is -1.06. The molecule has 0 aromatic heterocycles. The van der Waals surface area contributed by atoms with Gasteiger partial charge in [0.1, 0.15) is 0 Å². The minimum Gasteiger partial charge on any atom is -0.348 e. The number of carbonyl (C=O) groups excluding carboxylic acids is 1. The maximum atomic E-state index is 12.0.